The number of carbonyl (C=O) groups excluding carboxylic acids is 1. The molecule has 0 aromatic rings. The quantitative estimate of drug-likeness (QED) is 0.408. The van der Waals surface area contributed by atoms with Gasteiger partial charge in [0.25, 0.3) is 0 Å². The molecule has 0 heterocycles. The first-order valence-corrected chi connectivity index (χ1v) is 8.93. The molecule has 0 rings (SSSR count). The number of Topliss-reactive ketones (excluding diaryl/α,β-unsaturated/α-hetero) is 1. The maximum Gasteiger partial charge on any atom is 0.161 e. The molecule has 120 valence electrons. The largest absolute Gasteiger partial charge is 0.385 e. The van der Waals surface area contributed by atoms with Crippen LogP contribution >= 0.6 is 0 Å². The summed E-state index contributed by atoms with van der Waals surface area (Å²) >= 11 is 0. The van der Waals surface area contributed by atoms with Gasteiger partial charge in [0.15, 0.2) is 5.78 Å². The van der Waals surface area contributed by atoms with Crippen molar-refractivity contribution in [1.29, 1.82) is 0 Å². The summed E-state index contributed by atoms with van der Waals surface area (Å²) < 4.78 is 0. The molecular formula is C18H36O2. The third-order valence-electron chi connectivity index (χ3n) is 3.98. The van der Waals surface area contributed by atoms with Gasteiger partial charge in [-0.15, -0.1) is 0 Å². The Morgan fingerprint density at radius 2 is 1.20 bits per heavy atom. The lowest BCUT2D eigenvalue weighted by Gasteiger charge is -2.09. The van der Waals surface area contributed by atoms with Crippen LogP contribution in [0.3, 0.4) is 0 Å². The Morgan fingerprint density at radius 3 is 1.75 bits per heavy atom. The smallest absolute Gasteiger partial charge is 0.161 e. The zero-order chi connectivity index (χ0) is 15.1. The van der Waals surface area contributed by atoms with Crippen LogP contribution in [-0.2, 0) is 4.79 Å². The zero-order valence-electron chi connectivity index (χ0n) is 13.8. The molecule has 0 radical (unpaired) electrons. The van der Waals surface area contributed by atoms with Gasteiger partial charge in [-0.05, 0) is 12.8 Å². The molecule has 0 aliphatic rings. The van der Waals surface area contributed by atoms with E-state index in [1.165, 1.54) is 51.4 Å². The van der Waals surface area contributed by atoms with Crippen molar-refractivity contribution in [1.82, 2.24) is 0 Å². The van der Waals surface area contributed by atoms with E-state index in [1.54, 1.807) is 0 Å². The predicted molar refractivity (Wildman–Crippen MR) is 87.0 cm³/mol. The van der Waals surface area contributed by atoms with Gasteiger partial charge in [-0.1, -0.05) is 84.5 Å². The maximum absolute atomic E-state index is 11.7. The minimum absolute atomic E-state index is 0.0639. The summed E-state index contributed by atoms with van der Waals surface area (Å²) in [6.07, 6.45) is 15.0. The van der Waals surface area contributed by atoms with E-state index in [9.17, 15) is 9.90 Å². The Kier molecular flexibility index (Phi) is 14.7. The van der Waals surface area contributed by atoms with Gasteiger partial charge in [-0.3, -0.25) is 4.79 Å². The third-order valence-corrected chi connectivity index (χ3v) is 3.98. The van der Waals surface area contributed by atoms with E-state index in [4.69, 9.17) is 0 Å². The molecule has 20 heavy (non-hydrogen) atoms. The van der Waals surface area contributed by atoms with E-state index in [-0.39, 0.29) is 5.78 Å². The SMILES string of the molecule is CCCCCCCCCC(=O)C(O)CCCCCCC. The van der Waals surface area contributed by atoms with E-state index < -0.39 is 6.10 Å². The van der Waals surface area contributed by atoms with E-state index in [0.29, 0.717) is 12.8 Å². The number of hydrogen-bond donors (Lipinski definition) is 1. The number of rotatable bonds is 15. The van der Waals surface area contributed by atoms with Gasteiger partial charge < -0.3 is 5.11 Å². The molecule has 2 heteroatoms. The fourth-order valence-electron chi connectivity index (χ4n) is 2.53. The van der Waals surface area contributed by atoms with Crippen molar-refractivity contribution in [3.63, 3.8) is 0 Å². The van der Waals surface area contributed by atoms with Crippen LogP contribution < -0.4 is 0 Å². The average Bonchev–Trinajstić information content (AvgIpc) is 2.45. The molecule has 1 atom stereocenters. The second-order valence-corrected chi connectivity index (χ2v) is 6.06. The van der Waals surface area contributed by atoms with Crippen molar-refractivity contribution >= 4 is 5.78 Å². The second-order valence-electron chi connectivity index (χ2n) is 6.06. The normalized spacial score (nSPS) is 12.6. The predicted octanol–water partition coefficient (Wildman–Crippen LogP) is 5.42. The Labute approximate surface area is 126 Å². The summed E-state index contributed by atoms with van der Waals surface area (Å²) in [6, 6.07) is 0. The highest BCUT2D eigenvalue weighted by Gasteiger charge is 2.13. The van der Waals surface area contributed by atoms with E-state index in [1.807, 2.05) is 0 Å². The molecule has 1 N–H and O–H groups in total. The van der Waals surface area contributed by atoms with Gasteiger partial charge in [0.1, 0.15) is 6.10 Å². The minimum Gasteiger partial charge on any atom is -0.385 e. The fourth-order valence-corrected chi connectivity index (χ4v) is 2.53. The molecule has 0 amide bonds. The lowest BCUT2D eigenvalue weighted by atomic mass is 10.0. The van der Waals surface area contributed by atoms with Crippen LogP contribution in [0.5, 0.6) is 0 Å². The molecule has 0 aromatic heterocycles. The van der Waals surface area contributed by atoms with E-state index >= 15 is 0 Å². The van der Waals surface area contributed by atoms with Crippen LogP contribution in [0.15, 0.2) is 0 Å². The highest BCUT2D eigenvalue weighted by molar-refractivity contribution is 5.82. The van der Waals surface area contributed by atoms with E-state index in [0.717, 1.165) is 25.7 Å². The van der Waals surface area contributed by atoms with Gasteiger partial charge in [-0.25, -0.2) is 0 Å². The van der Waals surface area contributed by atoms with Gasteiger partial charge in [0, 0.05) is 6.42 Å². The maximum atomic E-state index is 11.7. The summed E-state index contributed by atoms with van der Waals surface area (Å²) in [5.41, 5.74) is 0. The molecule has 0 aromatic carbocycles. The standard InChI is InChI=1S/C18H36O2/c1-3-5-7-9-10-12-14-16-18(20)17(19)15-13-11-8-6-4-2/h17,19H,3-16H2,1-2H3. The first kappa shape index (κ1) is 19.6. The topological polar surface area (TPSA) is 37.3 Å². The van der Waals surface area contributed by atoms with Crippen LogP contribution in [0.4, 0.5) is 0 Å². The Hall–Kier alpha value is -0.370. The lowest BCUT2D eigenvalue weighted by Crippen LogP contribution is -2.19. The molecule has 0 fully saturated rings. The Bertz CT molecular complexity index is 213. The molecule has 0 aliphatic carbocycles. The van der Waals surface area contributed by atoms with Crippen LogP contribution in [-0.4, -0.2) is 17.0 Å². The molecule has 0 saturated carbocycles. The zero-order valence-corrected chi connectivity index (χ0v) is 13.8. The number of aliphatic hydroxyl groups excluding tert-OH is 1. The van der Waals surface area contributed by atoms with Crippen molar-refractivity contribution < 1.29 is 9.90 Å². The Balaban J connectivity index is 3.36. The van der Waals surface area contributed by atoms with Crippen LogP contribution in [0.25, 0.3) is 0 Å². The van der Waals surface area contributed by atoms with Crippen molar-refractivity contribution in [2.45, 2.75) is 110 Å². The molecule has 0 spiro atoms. The van der Waals surface area contributed by atoms with Gasteiger partial charge >= 0.3 is 0 Å². The molecular weight excluding hydrogens is 248 g/mol. The summed E-state index contributed by atoms with van der Waals surface area (Å²) in [7, 11) is 0. The first-order valence-electron chi connectivity index (χ1n) is 8.93. The number of carbonyl (C=O) groups is 1. The van der Waals surface area contributed by atoms with Crippen molar-refractivity contribution in [2.24, 2.45) is 0 Å². The molecule has 2 nitrogen and oxygen atoms in total. The molecule has 0 bridgehead atoms. The average molecular weight is 284 g/mol. The summed E-state index contributed by atoms with van der Waals surface area (Å²) in [5, 5.41) is 9.80. The third kappa shape index (κ3) is 12.7. The number of aliphatic hydroxyl groups is 1. The summed E-state index contributed by atoms with van der Waals surface area (Å²) in [6.45, 7) is 4.42. The molecule has 0 aliphatic heterocycles. The highest BCUT2D eigenvalue weighted by Crippen LogP contribution is 2.12. The van der Waals surface area contributed by atoms with Gasteiger partial charge in [0.05, 0.1) is 0 Å². The summed E-state index contributed by atoms with van der Waals surface area (Å²) in [5.74, 6) is 0.0639. The van der Waals surface area contributed by atoms with Gasteiger partial charge in [0.2, 0.25) is 0 Å². The number of ketones is 1. The fraction of sp³-hybridized carbons (Fsp3) is 0.944. The Morgan fingerprint density at radius 1 is 0.750 bits per heavy atom. The summed E-state index contributed by atoms with van der Waals surface area (Å²) in [4.78, 5) is 11.7. The van der Waals surface area contributed by atoms with Gasteiger partial charge in [-0.2, -0.15) is 0 Å². The van der Waals surface area contributed by atoms with Crippen LogP contribution in [0.1, 0.15) is 104 Å². The highest BCUT2D eigenvalue weighted by atomic mass is 16.3. The minimum atomic E-state index is -0.697. The lowest BCUT2D eigenvalue weighted by molar-refractivity contribution is -0.127. The molecule has 0 saturated heterocycles. The second kappa shape index (κ2) is 15.0. The number of hydrogen-bond acceptors (Lipinski definition) is 2. The van der Waals surface area contributed by atoms with E-state index in [2.05, 4.69) is 13.8 Å². The van der Waals surface area contributed by atoms with Crippen molar-refractivity contribution in [3.05, 3.63) is 0 Å². The van der Waals surface area contributed by atoms with Crippen LogP contribution in [0.2, 0.25) is 0 Å². The van der Waals surface area contributed by atoms with Crippen molar-refractivity contribution in [3.8, 4) is 0 Å². The monoisotopic (exact) mass is 284 g/mol. The first-order chi connectivity index (χ1) is 9.72. The molecule has 1 unspecified atom stereocenters. The van der Waals surface area contributed by atoms with Crippen molar-refractivity contribution in [2.75, 3.05) is 0 Å². The number of unbranched alkanes of at least 4 members (excludes halogenated alkanes) is 10. The van der Waals surface area contributed by atoms with Crippen LogP contribution in [0, 0.1) is 0 Å².